The van der Waals surface area contributed by atoms with Crippen molar-refractivity contribution in [2.75, 3.05) is 31.1 Å². The lowest BCUT2D eigenvalue weighted by Crippen LogP contribution is -2.49. The molecule has 2 aromatic heterocycles. The zero-order chi connectivity index (χ0) is 18.3. The van der Waals surface area contributed by atoms with E-state index in [1.165, 1.54) is 18.4 Å². The number of aryl methyl sites for hydroxylation is 1. The number of rotatable bonds is 7. The molecule has 27 heavy (non-hydrogen) atoms. The summed E-state index contributed by atoms with van der Waals surface area (Å²) in [5.74, 6) is 0.832. The van der Waals surface area contributed by atoms with E-state index in [1.54, 1.807) is 0 Å². The van der Waals surface area contributed by atoms with Gasteiger partial charge in [-0.15, -0.1) is 0 Å². The summed E-state index contributed by atoms with van der Waals surface area (Å²) in [5, 5.41) is 0. The molecule has 3 heterocycles. The Morgan fingerprint density at radius 2 is 1.70 bits per heavy atom. The fourth-order valence-electron chi connectivity index (χ4n) is 3.74. The van der Waals surface area contributed by atoms with Gasteiger partial charge >= 0.3 is 0 Å². The lowest BCUT2D eigenvalue weighted by molar-refractivity contribution is 0.172. The molecule has 3 aromatic rings. The van der Waals surface area contributed by atoms with Crippen LogP contribution in [0.25, 0.3) is 0 Å². The maximum absolute atomic E-state index is 4.45. The van der Waals surface area contributed by atoms with Gasteiger partial charge in [-0.3, -0.25) is 4.90 Å². The summed E-state index contributed by atoms with van der Waals surface area (Å²) in [4.78, 5) is 17.9. The minimum Gasteiger partial charge on any atom is -0.338 e. The zero-order valence-electron chi connectivity index (χ0n) is 15.6. The molecule has 1 aromatic carbocycles. The van der Waals surface area contributed by atoms with Crippen LogP contribution in [-0.2, 0) is 6.54 Å². The normalized spacial score (nSPS) is 17.9. The largest absolute Gasteiger partial charge is 0.338 e. The minimum absolute atomic E-state index is 0.372. The first-order chi connectivity index (χ1) is 13.4. The first-order valence-corrected chi connectivity index (χ1v) is 9.67. The van der Waals surface area contributed by atoms with Gasteiger partial charge in [-0.1, -0.05) is 30.3 Å². The van der Waals surface area contributed by atoms with Gasteiger partial charge in [0.1, 0.15) is 0 Å². The predicted octanol–water partition coefficient (Wildman–Crippen LogP) is 3.02. The molecule has 0 bridgehead atoms. The summed E-state index contributed by atoms with van der Waals surface area (Å²) < 4.78 is 2.15. The van der Waals surface area contributed by atoms with Crippen LogP contribution in [0.3, 0.4) is 0 Å². The number of aromatic nitrogens is 4. The van der Waals surface area contributed by atoms with Crippen LogP contribution in [0, 0.1) is 0 Å². The monoisotopic (exact) mass is 362 g/mol. The second-order valence-corrected chi connectivity index (χ2v) is 6.96. The van der Waals surface area contributed by atoms with Crippen LogP contribution in [0.4, 0.5) is 5.95 Å². The van der Waals surface area contributed by atoms with E-state index in [0.29, 0.717) is 6.04 Å². The van der Waals surface area contributed by atoms with Crippen LogP contribution in [0.1, 0.15) is 24.4 Å². The third-order valence-electron chi connectivity index (χ3n) is 5.18. The molecule has 1 aliphatic heterocycles. The molecule has 1 unspecified atom stereocenters. The van der Waals surface area contributed by atoms with Crippen molar-refractivity contribution in [2.45, 2.75) is 25.4 Å². The molecule has 6 nitrogen and oxygen atoms in total. The maximum atomic E-state index is 4.45. The lowest BCUT2D eigenvalue weighted by atomic mass is 10.0. The van der Waals surface area contributed by atoms with Gasteiger partial charge in [0.2, 0.25) is 5.95 Å². The molecule has 0 N–H and O–H groups in total. The van der Waals surface area contributed by atoms with Gasteiger partial charge in [-0.05, 0) is 31.0 Å². The van der Waals surface area contributed by atoms with E-state index in [4.69, 9.17) is 0 Å². The van der Waals surface area contributed by atoms with Crippen LogP contribution < -0.4 is 4.90 Å². The molecule has 140 valence electrons. The van der Waals surface area contributed by atoms with Crippen molar-refractivity contribution in [3.8, 4) is 0 Å². The molecule has 0 spiro atoms. The van der Waals surface area contributed by atoms with Crippen molar-refractivity contribution < 1.29 is 0 Å². The van der Waals surface area contributed by atoms with E-state index in [9.17, 15) is 0 Å². The number of nitrogens with zero attached hydrogens (tertiary/aromatic N) is 6. The molecule has 1 fully saturated rings. The van der Waals surface area contributed by atoms with Crippen molar-refractivity contribution in [2.24, 2.45) is 0 Å². The van der Waals surface area contributed by atoms with Gasteiger partial charge in [0.25, 0.3) is 0 Å². The number of unbranched alkanes of at least 4 members (excludes halogenated alkanes) is 1. The second-order valence-electron chi connectivity index (χ2n) is 6.96. The summed E-state index contributed by atoms with van der Waals surface area (Å²) >= 11 is 0. The van der Waals surface area contributed by atoms with Crippen LogP contribution >= 0.6 is 0 Å². The minimum atomic E-state index is 0.372. The maximum Gasteiger partial charge on any atom is 0.225 e. The summed E-state index contributed by atoms with van der Waals surface area (Å²) in [5.41, 5.74) is 1.37. The number of hydrogen-bond donors (Lipinski definition) is 0. The Morgan fingerprint density at radius 1 is 0.889 bits per heavy atom. The second kappa shape index (κ2) is 8.77. The first-order valence-electron chi connectivity index (χ1n) is 9.67. The predicted molar refractivity (Wildman–Crippen MR) is 106 cm³/mol. The number of benzene rings is 1. The topological polar surface area (TPSA) is 50.1 Å². The third-order valence-corrected chi connectivity index (χ3v) is 5.18. The Hall–Kier alpha value is -2.73. The molecule has 4 rings (SSSR count). The van der Waals surface area contributed by atoms with Crippen LogP contribution in [0.2, 0.25) is 0 Å². The van der Waals surface area contributed by atoms with E-state index >= 15 is 0 Å². The van der Waals surface area contributed by atoms with Gasteiger partial charge < -0.3 is 9.47 Å². The van der Waals surface area contributed by atoms with Crippen molar-refractivity contribution in [3.63, 3.8) is 0 Å². The van der Waals surface area contributed by atoms with Gasteiger partial charge in [0, 0.05) is 51.0 Å². The Bertz CT molecular complexity index is 790. The fraction of sp³-hybridized carbons (Fsp3) is 0.381. The van der Waals surface area contributed by atoms with Gasteiger partial charge in [0.05, 0.1) is 12.4 Å². The molecular formula is C21H26N6. The standard InChI is InChI=1S/C21H26N6/c1-2-7-19(8-3-1)20-17-27(21-23-9-6-10-24-21)16-15-26(20)13-5-4-12-25-14-11-22-18-25/h1-3,6-11,14,18,20H,4-5,12-13,15-17H2. The van der Waals surface area contributed by atoms with E-state index in [0.717, 1.165) is 38.7 Å². The molecule has 1 saturated heterocycles. The molecule has 0 saturated carbocycles. The highest BCUT2D eigenvalue weighted by Gasteiger charge is 2.28. The molecular weight excluding hydrogens is 336 g/mol. The molecule has 1 atom stereocenters. The molecule has 0 aliphatic carbocycles. The van der Waals surface area contributed by atoms with Crippen LogP contribution in [0.5, 0.6) is 0 Å². The van der Waals surface area contributed by atoms with Crippen molar-refractivity contribution in [1.29, 1.82) is 0 Å². The smallest absolute Gasteiger partial charge is 0.225 e. The average molecular weight is 362 g/mol. The number of imidazole rings is 1. The van der Waals surface area contributed by atoms with Gasteiger partial charge in [-0.25, -0.2) is 15.0 Å². The average Bonchev–Trinajstić information content (AvgIpc) is 3.26. The molecule has 6 heteroatoms. The van der Waals surface area contributed by atoms with Crippen molar-refractivity contribution in [3.05, 3.63) is 73.1 Å². The van der Waals surface area contributed by atoms with Crippen LogP contribution in [0.15, 0.2) is 67.5 Å². The van der Waals surface area contributed by atoms with E-state index in [2.05, 4.69) is 59.7 Å². The molecule has 0 radical (unpaired) electrons. The van der Waals surface area contributed by atoms with E-state index < -0.39 is 0 Å². The summed E-state index contributed by atoms with van der Waals surface area (Å²) in [7, 11) is 0. The summed E-state index contributed by atoms with van der Waals surface area (Å²) in [6.07, 6.45) is 11.8. The van der Waals surface area contributed by atoms with Crippen molar-refractivity contribution >= 4 is 5.95 Å². The Labute approximate surface area is 160 Å². The van der Waals surface area contributed by atoms with Gasteiger partial charge in [0.15, 0.2) is 0 Å². The lowest BCUT2D eigenvalue weighted by Gasteiger charge is -2.41. The SMILES string of the molecule is c1ccc(C2CN(c3ncccn3)CCN2CCCCn2ccnc2)cc1. The van der Waals surface area contributed by atoms with E-state index in [-0.39, 0.29) is 0 Å². The number of anilines is 1. The van der Waals surface area contributed by atoms with Crippen molar-refractivity contribution in [1.82, 2.24) is 24.4 Å². The Kier molecular flexibility index (Phi) is 5.74. The third kappa shape index (κ3) is 4.52. The number of piperazine rings is 1. The highest BCUT2D eigenvalue weighted by molar-refractivity contribution is 5.32. The summed E-state index contributed by atoms with van der Waals surface area (Å²) in [6.45, 7) is 5.07. The number of hydrogen-bond acceptors (Lipinski definition) is 5. The summed E-state index contributed by atoms with van der Waals surface area (Å²) in [6, 6.07) is 13.1. The Balaban J connectivity index is 1.40. The molecule has 0 amide bonds. The van der Waals surface area contributed by atoms with E-state index in [1.807, 2.05) is 37.2 Å². The highest BCUT2D eigenvalue weighted by Crippen LogP contribution is 2.27. The molecule has 1 aliphatic rings. The quantitative estimate of drug-likeness (QED) is 0.605. The van der Waals surface area contributed by atoms with Gasteiger partial charge in [-0.2, -0.15) is 0 Å². The fourth-order valence-corrected chi connectivity index (χ4v) is 3.74. The Morgan fingerprint density at radius 3 is 2.48 bits per heavy atom. The first kappa shape index (κ1) is 17.7. The van der Waals surface area contributed by atoms with Crippen LogP contribution in [-0.4, -0.2) is 50.6 Å². The zero-order valence-corrected chi connectivity index (χ0v) is 15.6. The highest BCUT2D eigenvalue weighted by atomic mass is 15.3.